The van der Waals surface area contributed by atoms with Crippen LogP contribution < -0.4 is 0 Å². The van der Waals surface area contributed by atoms with Crippen LogP contribution in [-0.2, 0) is 16.0 Å². The van der Waals surface area contributed by atoms with Gasteiger partial charge >= 0.3 is 5.97 Å². The molecule has 0 heterocycles. The smallest absolute Gasteiger partial charge is 0.309 e. The summed E-state index contributed by atoms with van der Waals surface area (Å²) in [7, 11) is 1.19. The van der Waals surface area contributed by atoms with E-state index >= 15 is 0 Å². The number of benzene rings is 1. The van der Waals surface area contributed by atoms with Crippen LogP contribution in [0.25, 0.3) is 0 Å². The number of nitriles is 1. The van der Waals surface area contributed by atoms with Crippen molar-refractivity contribution in [2.45, 2.75) is 6.42 Å². The molecule has 0 N–H and O–H groups in total. The summed E-state index contributed by atoms with van der Waals surface area (Å²) in [6.45, 7) is 0. The summed E-state index contributed by atoms with van der Waals surface area (Å²) < 4.78 is 30.2. The Balaban J connectivity index is 3.07. The molecule has 0 aliphatic heterocycles. The first-order valence-corrected chi connectivity index (χ1v) is 4.03. The predicted octanol–water partition coefficient (Wildman–Crippen LogP) is 1.55. The third kappa shape index (κ3) is 2.50. The average molecular weight is 211 g/mol. The van der Waals surface area contributed by atoms with Gasteiger partial charge in [-0.05, 0) is 17.7 Å². The molecule has 0 fully saturated rings. The quantitative estimate of drug-likeness (QED) is 0.697. The summed E-state index contributed by atoms with van der Waals surface area (Å²) in [5.41, 5.74) is -0.216. The molecule has 0 saturated carbocycles. The fourth-order valence-electron chi connectivity index (χ4n) is 1.07. The molecular formula is C10H7F2NO2. The number of ether oxygens (including phenoxy) is 1. The van der Waals surface area contributed by atoms with Crippen LogP contribution in [0.1, 0.15) is 11.1 Å². The molecular weight excluding hydrogens is 204 g/mol. The zero-order chi connectivity index (χ0) is 11.4. The fourth-order valence-corrected chi connectivity index (χ4v) is 1.07. The van der Waals surface area contributed by atoms with Gasteiger partial charge in [-0.3, -0.25) is 4.79 Å². The molecule has 3 nitrogen and oxygen atoms in total. The van der Waals surface area contributed by atoms with Gasteiger partial charge in [0.25, 0.3) is 0 Å². The van der Waals surface area contributed by atoms with Crippen LogP contribution in [0.4, 0.5) is 8.78 Å². The van der Waals surface area contributed by atoms with Gasteiger partial charge in [0, 0.05) is 0 Å². The molecule has 0 aliphatic carbocycles. The average Bonchev–Trinajstić information content (AvgIpc) is 2.22. The summed E-state index contributed by atoms with van der Waals surface area (Å²) in [6, 6.07) is 3.49. The molecule has 0 unspecified atom stereocenters. The zero-order valence-corrected chi connectivity index (χ0v) is 7.88. The Morgan fingerprint density at radius 3 is 2.73 bits per heavy atom. The van der Waals surface area contributed by atoms with E-state index < -0.39 is 23.2 Å². The third-order valence-electron chi connectivity index (χ3n) is 1.78. The van der Waals surface area contributed by atoms with Crippen LogP contribution >= 0.6 is 0 Å². The molecule has 78 valence electrons. The number of hydrogen-bond acceptors (Lipinski definition) is 3. The maximum atomic E-state index is 12.9. The number of rotatable bonds is 2. The Labute approximate surface area is 84.9 Å². The van der Waals surface area contributed by atoms with Crippen molar-refractivity contribution in [2.24, 2.45) is 0 Å². The molecule has 0 aromatic heterocycles. The first-order chi connectivity index (χ1) is 7.08. The number of carbonyl (C=O) groups is 1. The van der Waals surface area contributed by atoms with Crippen LogP contribution in [0.2, 0.25) is 0 Å². The van der Waals surface area contributed by atoms with Gasteiger partial charge in [0.1, 0.15) is 6.07 Å². The van der Waals surface area contributed by atoms with E-state index in [1.54, 1.807) is 0 Å². The number of nitrogens with zero attached hydrogens (tertiary/aromatic N) is 1. The fraction of sp³-hybridized carbons (Fsp3) is 0.200. The van der Waals surface area contributed by atoms with Crippen molar-refractivity contribution in [3.05, 3.63) is 34.9 Å². The molecule has 1 rings (SSSR count). The number of carbonyl (C=O) groups excluding carboxylic acids is 1. The molecule has 1 aromatic rings. The first-order valence-electron chi connectivity index (χ1n) is 4.03. The van der Waals surface area contributed by atoms with Gasteiger partial charge in [-0.1, -0.05) is 0 Å². The van der Waals surface area contributed by atoms with E-state index in [0.717, 1.165) is 12.1 Å². The lowest BCUT2D eigenvalue weighted by molar-refractivity contribution is -0.139. The Kier molecular flexibility index (Phi) is 3.34. The van der Waals surface area contributed by atoms with Crippen LogP contribution in [0, 0.1) is 23.0 Å². The maximum absolute atomic E-state index is 12.9. The van der Waals surface area contributed by atoms with Gasteiger partial charge in [0.15, 0.2) is 11.6 Å². The van der Waals surface area contributed by atoms with Gasteiger partial charge in [0.05, 0.1) is 19.1 Å². The van der Waals surface area contributed by atoms with Gasteiger partial charge < -0.3 is 4.74 Å². The highest BCUT2D eigenvalue weighted by Gasteiger charge is 2.12. The molecule has 0 atom stereocenters. The maximum Gasteiger partial charge on any atom is 0.309 e. The van der Waals surface area contributed by atoms with E-state index in [1.807, 2.05) is 0 Å². The van der Waals surface area contributed by atoms with Crippen LogP contribution in [-0.4, -0.2) is 13.1 Å². The largest absolute Gasteiger partial charge is 0.469 e. The molecule has 0 bridgehead atoms. The van der Waals surface area contributed by atoms with E-state index in [2.05, 4.69) is 4.74 Å². The number of hydrogen-bond donors (Lipinski definition) is 0. The molecule has 0 aliphatic rings. The predicted molar refractivity (Wildman–Crippen MR) is 46.8 cm³/mol. The van der Waals surface area contributed by atoms with Crippen molar-refractivity contribution < 1.29 is 18.3 Å². The molecule has 0 spiro atoms. The zero-order valence-electron chi connectivity index (χ0n) is 7.88. The van der Waals surface area contributed by atoms with Crippen molar-refractivity contribution in [3.63, 3.8) is 0 Å². The Hall–Kier alpha value is -1.96. The first kappa shape index (κ1) is 11.1. The molecule has 0 saturated heterocycles. The number of esters is 1. The van der Waals surface area contributed by atoms with Gasteiger partial charge in [-0.2, -0.15) is 5.26 Å². The summed E-state index contributed by atoms with van der Waals surface area (Å²) in [5, 5.41) is 8.49. The Morgan fingerprint density at radius 2 is 2.20 bits per heavy atom. The topological polar surface area (TPSA) is 50.1 Å². The van der Waals surface area contributed by atoms with E-state index in [4.69, 9.17) is 5.26 Å². The monoisotopic (exact) mass is 211 g/mol. The van der Waals surface area contributed by atoms with E-state index in [0.29, 0.717) is 0 Å². The van der Waals surface area contributed by atoms with E-state index in [-0.39, 0.29) is 12.0 Å². The van der Waals surface area contributed by atoms with Crippen LogP contribution in [0.15, 0.2) is 12.1 Å². The highest BCUT2D eigenvalue weighted by atomic mass is 19.2. The summed E-state index contributed by atoms with van der Waals surface area (Å²) in [6.07, 6.45) is -0.192. The minimum atomic E-state index is -1.20. The second-order valence-electron chi connectivity index (χ2n) is 2.80. The second kappa shape index (κ2) is 4.51. The molecule has 15 heavy (non-hydrogen) atoms. The summed E-state index contributed by atoms with van der Waals surface area (Å²) in [4.78, 5) is 10.9. The Morgan fingerprint density at radius 1 is 1.53 bits per heavy atom. The van der Waals surface area contributed by atoms with Crippen molar-refractivity contribution in [1.82, 2.24) is 0 Å². The minimum absolute atomic E-state index is 0.192. The van der Waals surface area contributed by atoms with Gasteiger partial charge in [-0.15, -0.1) is 0 Å². The lowest BCUT2D eigenvalue weighted by Gasteiger charge is -2.02. The number of halogens is 2. The third-order valence-corrected chi connectivity index (χ3v) is 1.78. The summed E-state index contributed by atoms with van der Waals surface area (Å²) >= 11 is 0. The Bertz CT molecular complexity index is 438. The van der Waals surface area contributed by atoms with Crippen LogP contribution in [0.3, 0.4) is 0 Å². The second-order valence-corrected chi connectivity index (χ2v) is 2.80. The van der Waals surface area contributed by atoms with E-state index in [1.165, 1.54) is 13.2 Å². The lowest BCUT2D eigenvalue weighted by atomic mass is 10.1. The molecule has 1 aromatic carbocycles. The number of methoxy groups -OCH3 is 1. The van der Waals surface area contributed by atoms with Gasteiger partial charge in [0.2, 0.25) is 0 Å². The normalized spacial score (nSPS) is 9.47. The molecule has 0 radical (unpaired) electrons. The van der Waals surface area contributed by atoms with Crippen LogP contribution in [0.5, 0.6) is 0 Å². The minimum Gasteiger partial charge on any atom is -0.469 e. The highest BCUT2D eigenvalue weighted by Crippen LogP contribution is 2.14. The van der Waals surface area contributed by atoms with Crippen molar-refractivity contribution in [2.75, 3.05) is 7.11 Å². The standard InChI is InChI=1S/C10H7F2NO2/c1-15-9(14)4-6-2-7(5-13)10(12)8(11)3-6/h2-3H,4H2,1H3. The van der Waals surface area contributed by atoms with Crippen molar-refractivity contribution in [1.29, 1.82) is 5.26 Å². The summed E-state index contributed by atoms with van der Waals surface area (Å²) in [5.74, 6) is -2.93. The highest BCUT2D eigenvalue weighted by molar-refractivity contribution is 5.72. The molecule has 0 amide bonds. The van der Waals surface area contributed by atoms with Gasteiger partial charge in [-0.25, -0.2) is 8.78 Å². The van der Waals surface area contributed by atoms with Crippen molar-refractivity contribution in [3.8, 4) is 6.07 Å². The van der Waals surface area contributed by atoms with E-state index in [9.17, 15) is 13.6 Å². The van der Waals surface area contributed by atoms with Crippen molar-refractivity contribution >= 4 is 5.97 Å². The lowest BCUT2D eigenvalue weighted by Crippen LogP contribution is -2.06. The SMILES string of the molecule is COC(=O)Cc1cc(F)c(F)c(C#N)c1. The molecule has 5 heteroatoms.